The molecule has 49 heavy (non-hydrogen) atoms. The molecule has 226 valence electrons. The monoisotopic (exact) mass is 636 g/mol. The zero-order valence-electron chi connectivity index (χ0n) is 26.6. The Labute approximate surface area is 288 Å². The van der Waals surface area contributed by atoms with Gasteiger partial charge in [0.05, 0.1) is 0 Å². The lowest BCUT2D eigenvalue weighted by atomic mass is 9.77. The van der Waals surface area contributed by atoms with Crippen molar-refractivity contribution in [2.24, 2.45) is 0 Å². The Hall–Kier alpha value is -6.02. The summed E-state index contributed by atoms with van der Waals surface area (Å²) in [5, 5.41) is 10.4. The first kappa shape index (κ1) is 27.0. The van der Waals surface area contributed by atoms with Gasteiger partial charge in [-0.05, 0) is 118 Å². The molecule has 0 bridgehead atoms. The number of rotatable bonds is 1. The zero-order chi connectivity index (χ0) is 32.1. The summed E-state index contributed by atoms with van der Waals surface area (Å²) in [5.74, 6) is 0. The molecule has 0 N–H and O–H groups in total. The summed E-state index contributed by atoms with van der Waals surface area (Å²) in [6.45, 7) is 0. The quantitative estimate of drug-likeness (QED) is 0.157. The van der Waals surface area contributed by atoms with E-state index in [-0.39, 0.29) is 0 Å². The molecule has 10 aromatic rings. The first-order valence-corrected chi connectivity index (χ1v) is 17.7. The van der Waals surface area contributed by atoms with Crippen LogP contribution in [0.3, 0.4) is 0 Å². The van der Waals surface area contributed by atoms with Gasteiger partial charge in [0.15, 0.2) is 0 Å². The molecule has 0 amide bonds. The fourth-order valence-corrected chi connectivity index (χ4v) is 9.57. The molecular weight excluding hydrogens is 609 g/mol. The summed E-state index contributed by atoms with van der Waals surface area (Å²) < 4.78 is 2.66. The highest BCUT2D eigenvalue weighted by atomic mass is 32.1. The molecule has 0 spiro atoms. The standard InChI is InChI=1S/C48H28S/c1-4-16-35-31(12-1)32-13-2-5-17-36(32)42-28-44-40-22-11-21-30(29-24-25-47-45(26-29)38-19-9-10-23-46(38)49-47)48(40)39-20-8-7-15-34(39)33-14-3-6-18-37(33)43(44)27-41(35)42/h1-28H. The molecule has 0 radical (unpaired) electrons. The minimum Gasteiger partial charge on any atom is -0.135 e. The average Bonchev–Trinajstić information content (AvgIpc) is 3.55. The van der Waals surface area contributed by atoms with E-state index < -0.39 is 0 Å². The lowest BCUT2D eigenvalue weighted by Crippen LogP contribution is -1.99. The van der Waals surface area contributed by atoms with Crippen LogP contribution in [0.5, 0.6) is 0 Å². The van der Waals surface area contributed by atoms with Crippen LogP contribution in [0.4, 0.5) is 0 Å². The first-order valence-electron chi connectivity index (χ1n) is 16.9. The van der Waals surface area contributed by atoms with Gasteiger partial charge in [0, 0.05) is 20.2 Å². The summed E-state index contributed by atoms with van der Waals surface area (Å²) in [6, 6.07) is 63.5. The molecule has 0 aliphatic heterocycles. The molecular formula is C48H28S. The SMILES string of the molecule is c1ccc2c(c1)-c1cc3c4ccccc4c4ccccc4c3cc1-c1cccc(-c3ccc4sc5ccccc5c4c3)c1-c1ccccc1-2. The Morgan fingerprint density at radius 2 is 0.694 bits per heavy atom. The smallest absolute Gasteiger partial charge is 0.0355 e. The number of fused-ring (bicyclic) bond motifs is 17. The van der Waals surface area contributed by atoms with E-state index in [9.17, 15) is 0 Å². The Morgan fingerprint density at radius 1 is 0.245 bits per heavy atom. The van der Waals surface area contributed by atoms with Gasteiger partial charge in [-0.1, -0.05) is 140 Å². The highest BCUT2D eigenvalue weighted by Crippen LogP contribution is 2.52. The third kappa shape index (κ3) is 3.85. The van der Waals surface area contributed by atoms with E-state index in [4.69, 9.17) is 0 Å². The maximum absolute atomic E-state index is 2.49. The molecule has 0 fully saturated rings. The van der Waals surface area contributed by atoms with Crippen LogP contribution in [-0.2, 0) is 0 Å². The highest BCUT2D eigenvalue weighted by molar-refractivity contribution is 7.25. The fraction of sp³-hybridized carbons (Fsp3) is 0. The van der Waals surface area contributed by atoms with Crippen LogP contribution in [-0.4, -0.2) is 0 Å². The predicted octanol–water partition coefficient (Wildman–Crippen LogP) is 14.2. The van der Waals surface area contributed by atoms with Gasteiger partial charge < -0.3 is 0 Å². The predicted molar refractivity (Wildman–Crippen MR) is 213 cm³/mol. The van der Waals surface area contributed by atoms with Crippen molar-refractivity contribution in [1.82, 2.24) is 0 Å². The van der Waals surface area contributed by atoms with E-state index in [0.717, 1.165) is 0 Å². The van der Waals surface area contributed by atoms with E-state index in [1.807, 2.05) is 11.3 Å². The minimum absolute atomic E-state index is 1.25. The molecule has 0 saturated carbocycles. The Bertz CT molecular complexity index is 2990. The van der Waals surface area contributed by atoms with Crippen LogP contribution < -0.4 is 0 Å². The van der Waals surface area contributed by atoms with Crippen molar-refractivity contribution < 1.29 is 0 Å². The molecule has 0 saturated heterocycles. The lowest BCUT2D eigenvalue weighted by molar-refractivity contribution is 1.53. The van der Waals surface area contributed by atoms with Gasteiger partial charge in [-0.2, -0.15) is 0 Å². The molecule has 1 aromatic heterocycles. The van der Waals surface area contributed by atoms with Crippen molar-refractivity contribution in [3.63, 3.8) is 0 Å². The second-order valence-corrected chi connectivity index (χ2v) is 14.2. The molecule has 1 aliphatic carbocycles. The van der Waals surface area contributed by atoms with Gasteiger partial charge in [-0.3, -0.25) is 0 Å². The van der Waals surface area contributed by atoms with Gasteiger partial charge in [-0.15, -0.1) is 11.3 Å². The topological polar surface area (TPSA) is 0 Å². The fourth-order valence-electron chi connectivity index (χ4n) is 8.49. The highest BCUT2D eigenvalue weighted by Gasteiger charge is 2.25. The van der Waals surface area contributed by atoms with Gasteiger partial charge in [0.2, 0.25) is 0 Å². The third-order valence-corrected chi connectivity index (χ3v) is 11.8. The van der Waals surface area contributed by atoms with Gasteiger partial charge >= 0.3 is 0 Å². The number of hydrogen-bond donors (Lipinski definition) is 0. The Balaban J connectivity index is 1.31. The van der Waals surface area contributed by atoms with Crippen LogP contribution in [0.1, 0.15) is 0 Å². The molecule has 0 unspecified atom stereocenters. The molecule has 11 rings (SSSR count). The zero-order valence-corrected chi connectivity index (χ0v) is 27.4. The molecule has 0 atom stereocenters. The Morgan fingerprint density at radius 3 is 1.37 bits per heavy atom. The van der Waals surface area contributed by atoms with Crippen molar-refractivity contribution in [3.8, 4) is 55.6 Å². The largest absolute Gasteiger partial charge is 0.135 e. The van der Waals surface area contributed by atoms with Crippen molar-refractivity contribution in [2.45, 2.75) is 0 Å². The van der Waals surface area contributed by atoms with Crippen LogP contribution in [0.2, 0.25) is 0 Å². The second-order valence-electron chi connectivity index (χ2n) is 13.2. The van der Waals surface area contributed by atoms with Crippen LogP contribution in [0.25, 0.3) is 108 Å². The third-order valence-electron chi connectivity index (χ3n) is 10.6. The van der Waals surface area contributed by atoms with E-state index in [2.05, 4.69) is 170 Å². The van der Waals surface area contributed by atoms with E-state index >= 15 is 0 Å². The molecule has 9 aromatic carbocycles. The molecule has 1 aliphatic rings. The maximum Gasteiger partial charge on any atom is 0.0355 e. The van der Waals surface area contributed by atoms with Crippen molar-refractivity contribution in [2.75, 3.05) is 0 Å². The molecule has 1 heteroatoms. The second kappa shape index (κ2) is 10.2. The summed E-state index contributed by atoms with van der Waals surface area (Å²) in [5.41, 5.74) is 12.7. The molecule has 1 heterocycles. The van der Waals surface area contributed by atoms with E-state index in [1.54, 1.807) is 0 Å². The summed E-state index contributed by atoms with van der Waals surface area (Å²) >= 11 is 1.87. The van der Waals surface area contributed by atoms with Crippen molar-refractivity contribution in [3.05, 3.63) is 170 Å². The van der Waals surface area contributed by atoms with Crippen molar-refractivity contribution in [1.29, 1.82) is 0 Å². The van der Waals surface area contributed by atoms with Crippen LogP contribution >= 0.6 is 11.3 Å². The lowest BCUT2D eigenvalue weighted by Gasteiger charge is -2.26. The number of hydrogen-bond acceptors (Lipinski definition) is 1. The summed E-state index contributed by atoms with van der Waals surface area (Å²) in [6.07, 6.45) is 0. The minimum atomic E-state index is 1.25. The molecule has 0 nitrogen and oxygen atoms in total. The maximum atomic E-state index is 2.49. The van der Waals surface area contributed by atoms with Gasteiger partial charge in [-0.25, -0.2) is 0 Å². The summed E-state index contributed by atoms with van der Waals surface area (Å²) in [7, 11) is 0. The summed E-state index contributed by atoms with van der Waals surface area (Å²) in [4.78, 5) is 0. The normalized spacial score (nSPS) is 12.1. The van der Waals surface area contributed by atoms with E-state index in [0.29, 0.717) is 0 Å². The van der Waals surface area contributed by atoms with Gasteiger partial charge in [0.1, 0.15) is 0 Å². The van der Waals surface area contributed by atoms with Gasteiger partial charge in [0.25, 0.3) is 0 Å². The van der Waals surface area contributed by atoms with Crippen LogP contribution in [0, 0.1) is 0 Å². The van der Waals surface area contributed by atoms with Crippen molar-refractivity contribution >= 4 is 63.8 Å². The first-order chi connectivity index (χ1) is 24.3. The van der Waals surface area contributed by atoms with Crippen LogP contribution in [0.15, 0.2) is 170 Å². The van der Waals surface area contributed by atoms with E-state index in [1.165, 1.54) is 108 Å². The number of benzene rings is 9. The Kier molecular flexibility index (Phi) is 5.64. The average molecular weight is 637 g/mol. The number of thiophene rings is 1.